The molecular weight excluding hydrogens is 487 g/mol. The third-order valence-electron chi connectivity index (χ3n) is 6.07. The molecule has 2 aromatic carbocycles. The van der Waals surface area contributed by atoms with Crippen LogP contribution in [-0.4, -0.2) is 53.4 Å². The maximum Gasteiger partial charge on any atom is 0.271 e. The summed E-state index contributed by atoms with van der Waals surface area (Å²) in [7, 11) is 1.46. The summed E-state index contributed by atoms with van der Waals surface area (Å²) in [5.74, 6) is -1.59. The molecule has 3 aromatic rings. The third kappa shape index (κ3) is 5.26. The first-order valence-electron chi connectivity index (χ1n) is 12.2. The van der Waals surface area contributed by atoms with Crippen molar-refractivity contribution in [3.63, 3.8) is 0 Å². The van der Waals surface area contributed by atoms with Crippen molar-refractivity contribution in [1.29, 1.82) is 5.26 Å². The van der Waals surface area contributed by atoms with Crippen LogP contribution >= 0.6 is 0 Å². The molecule has 0 N–H and O–H groups in total. The summed E-state index contributed by atoms with van der Waals surface area (Å²) >= 11 is 0. The highest BCUT2D eigenvalue weighted by Crippen LogP contribution is 2.32. The Morgan fingerprint density at radius 1 is 1.11 bits per heavy atom. The fourth-order valence-electron chi connectivity index (χ4n) is 4.08. The molecule has 0 bridgehead atoms. The molecule has 1 aromatic heterocycles. The van der Waals surface area contributed by atoms with Gasteiger partial charge in [-0.05, 0) is 55.3 Å². The number of aromatic nitrogens is 2. The highest BCUT2D eigenvalue weighted by molar-refractivity contribution is 6.19. The van der Waals surface area contributed by atoms with Gasteiger partial charge in [0.05, 0.1) is 25.4 Å². The van der Waals surface area contributed by atoms with Gasteiger partial charge >= 0.3 is 0 Å². The van der Waals surface area contributed by atoms with Crippen LogP contribution in [0.1, 0.15) is 25.8 Å². The Morgan fingerprint density at radius 3 is 2.53 bits per heavy atom. The van der Waals surface area contributed by atoms with Crippen LogP contribution in [0.3, 0.4) is 0 Å². The van der Waals surface area contributed by atoms with Crippen molar-refractivity contribution in [3.8, 4) is 28.8 Å². The molecule has 2 heterocycles. The minimum absolute atomic E-state index is 0.00450. The molecule has 0 spiro atoms. The number of hydrogen-bond donors (Lipinski definition) is 0. The van der Waals surface area contributed by atoms with Gasteiger partial charge in [-0.2, -0.15) is 10.4 Å². The molecule has 0 radical (unpaired) electrons. The van der Waals surface area contributed by atoms with Crippen LogP contribution in [0.5, 0.6) is 5.75 Å². The van der Waals surface area contributed by atoms with E-state index in [-0.39, 0.29) is 35.6 Å². The van der Waals surface area contributed by atoms with Gasteiger partial charge in [-0.15, -0.1) is 0 Å². The maximum atomic E-state index is 14.9. The van der Waals surface area contributed by atoms with Crippen LogP contribution in [0.25, 0.3) is 23.0 Å². The van der Waals surface area contributed by atoms with Crippen molar-refractivity contribution in [1.82, 2.24) is 14.7 Å². The number of nitrogens with zero attached hydrogens (tertiary/aromatic N) is 4. The highest BCUT2D eigenvalue weighted by Gasteiger charge is 2.35. The summed E-state index contributed by atoms with van der Waals surface area (Å²) in [4.78, 5) is 27.2. The first-order chi connectivity index (χ1) is 18.4. The van der Waals surface area contributed by atoms with Gasteiger partial charge in [-0.1, -0.05) is 25.1 Å². The highest BCUT2D eigenvalue weighted by atomic mass is 19.1. The molecule has 0 saturated heterocycles. The van der Waals surface area contributed by atoms with E-state index in [1.807, 2.05) is 43.3 Å². The Morgan fingerprint density at radius 2 is 1.87 bits per heavy atom. The predicted molar refractivity (Wildman–Crippen MR) is 140 cm³/mol. The zero-order valence-corrected chi connectivity index (χ0v) is 21.4. The molecule has 1 aliphatic heterocycles. The number of nitriles is 1. The summed E-state index contributed by atoms with van der Waals surface area (Å²) in [5.41, 5.74) is 2.49. The maximum absolute atomic E-state index is 14.9. The molecule has 38 heavy (non-hydrogen) atoms. The lowest BCUT2D eigenvalue weighted by Gasteiger charge is -2.27. The van der Waals surface area contributed by atoms with E-state index >= 15 is 0 Å². The number of benzene rings is 2. The second-order valence-electron chi connectivity index (χ2n) is 8.63. The van der Waals surface area contributed by atoms with Crippen molar-refractivity contribution in [2.45, 2.75) is 20.3 Å². The van der Waals surface area contributed by atoms with E-state index in [0.29, 0.717) is 23.4 Å². The number of amides is 2. The molecule has 9 heteroatoms. The number of imide groups is 1. The topological polar surface area (TPSA) is 97.4 Å². The van der Waals surface area contributed by atoms with Gasteiger partial charge in [0.1, 0.15) is 17.3 Å². The van der Waals surface area contributed by atoms with Crippen molar-refractivity contribution >= 4 is 17.9 Å². The van der Waals surface area contributed by atoms with Crippen LogP contribution in [0.4, 0.5) is 4.39 Å². The number of ether oxygens (including phenoxy) is 2. The molecule has 0 saturated carbocycles. The average molecular weight is 515 g/mol. The molecule has 0 unspecified atom stereocenters. The van der Waals surface area contributed by atoms with Crippen LogP contribution < -0.4 is 4.74 Å². The van der Waals surface area contributed by atoms with Crippen LogP contribution in [0.15, 0.2) is 71.4 Å². The molecule has 0 fully saturated rings. The number of methoxy groups -OCH3 is 1. The summed E-state index contributed by atoms with van der Waals surface area (Å²) < 4.78 is 27.0. The molecule has 1 aliphatic rings. The first-order valence-corrected chi connectivity index (χ1v) is 12.2. The minimum atomic E-state index is -0.658. The number of halogens is 1. The van der Waals surface area contributed by atoms with E-state index in [1.54, 1.807) is 36.0 Å². The van der Waals surface area contributed by atoms with Gasteiger partial charge < -0.3 is 9.47 Å². The van der Waals surface area contributed by atoms with Gasteiger partial charge in [0.25, 0.3) is 11.8 Å². The molecule has 0 aliphatic carbocycles. The van der Waals surface area contributed by atoms with Crippen molar-refractivity contribution in [2.75, 3.05) is 26.9 Å². The lowest BCUT2D eigenvalue weighted by atomic mass is 9.93. The average Bonchev–Trinajstić information content (AvgIpc) is 3.35. The Hall–Kier alpha value is -4.55. The van der Waals surface area contributed by atoms with Gasteiger partial charge in [-0.3, -0.25) is 14.5 Å². The largest absolute Gasteiger partial charge is 0.491 e. The quantitative estimate of drug-likeness (QED) is 0.303. The fraction of sp³-hybridized carbons (Fsp3) is 0.241. The predicted octanol–water partition coefficient (Wildman–Crippen LogP) is 4.71. The number of rotatable bonds is 9. The van der Waals surface area contributed by atoms with E-state index in [2.05, 4.69) is 0 Å². The van der Waals surface area contributed by atoms with Crippen molar-refractivity contribution in [2.24, 2.45) is 0 Å². The fourth-order valence-corrected chi connectivity index (χ4v) is 4.08. The Bertz CT molecular complexity index is 1470. The molecule has 8 nitrogen and oxygen atoms in total. The number of para-hydroxylation sites is 1. The number of hydrogen-bond acceptors (Lipinski definition) is 6. The van der Waals surface area contributed by atoms with E-state index in [1.165, 1.54) is 13.2 Å². The van der Waals surface area contributed by atoms with Gasteiger partial charge in [-0.25, -0.2) is 9.07 Å². The van der Waals surface area contributed by atoms with Crippen LogP contribution in [0.2, 0.25) is 0 Å². The SMILES string of the molecule is CCCOc1ccc(-c2nn(-c3ccccc3)cc2/C=C2/C(=O)N(CCOC)C(=O)C(C#N)=C2C)cc1F. The monoisotopic (exact) mass is 514 g/mol. The lowest BCUT2D eigenvalue weighted by molar-refractivity contribution is -0.141. The molecule has 2 amide bonds. The van der Waals surface area contributed by atoms with E-state index < -0.39 is 17.6 Å². The second kappa shape index (κ2) is 11.7. The Kier molecular flexibility index (Phi) is 8.14. The minimum Gasteiger partial charge on any atom is -0.491 e. The standard InChI is InChI=1S/C29H27FN4O4/c1-4-13-38-26-11-10-20(16-25(26)30)27-21(18-34(32-27)22-8-6-5-7-9-22)15-23-19(2)24(17-31)29(36)33(28(23)35)12-14-37-3/h5-11,15-16,18H,4,12-14H2,1-3H3/b23-15+. The summed E-state index contributed by atoms with van der Waals surface area (Å²) in [5, 5.41) is 14.3. The molecular formula is C29H27FN4O4. The molecule has 194 valence electrons. The number of carbonyl (C=O) groups excluding carboxylic acids is 2. The molecule has 4 rings (SSSR count). The zero-order chi connectivity index (χ0) is 27.2. The normalized spacial score (nSPS) is 14.8. The van der Waals surface area contributed by atoms with Crippen LogP contribution in [0, 0.1) is 17.1 Å². The van der Waals surface area contributed by atoms with Crippen LogP contribution in [-0.2, 0) is 14.3 Å². The van der Waals surface area contributed by atoms with E-state index in [0.717, 1.165) is 17.0 Å². The smallest absolute Gasteiger partial charge is 0.271 e. The Balaban J connectivity index is 1.87. The van der Waals surface area contributed by atoms with E-state index in [4.69, 9.17) is 14.6 Å². The van der Waals surface area contributed by atoms with Gasteiger partial charge in [0, 0.05) is 30.0 Å². The number of carbonyl (C=O) groups is 2. The van der Waals surface area contributed by atoms with Gasteiger partial charge in [0.2, 0.25) is 0 Å². The van der Waals surface area contributed by atoms with Crippen molar-refractivity contribution in [3.05, 3.63) is 82.8 Å². The third-order valence-corrected chi connectivity index (χ3v) is 6.07. The second-order valence-corrected chi connectivity index (χ2v) is 8.63. The molecule has 0 atom stereocenters. The zero-order valence-electron chi connectivity index (χ0n) is 21.4. The first kappa shape index (κ1) is 26.5. The summed E-state index contributed by atoms with van der Waals surface area (Å²) in [6.45, 7) is 4.03. The van der Waals surface area contributed by atoms with E-state index in [9.17, 15) is 19.2 Å². The summed E-state index contributed by atoms with van der Waals surface area (Å²) in [6, 6.07) is 15.9. The summed E-state index contributed by atoms with van der Waals surface area (Å²) in [6.07, 6.45) is 4.05. The Labute approximate surface area is 220 Å². The van der Waals surface area contributed by atoms with Crippen molar-refractivity contribution < 1.29 is 23.5 Å². The van der Waals surface area contributed by atoms with Gasteiger partial charge in [0.15, 0.2) is 11.6 Å². The lowest BCUT2D eigenvalue weighted by Crippen LogP contribution is -2.44.